The molecule has 2 aromatic rings. The molecule has 10 heteroatoms. The number of hydrogen-bond acceptors (Lipinski definition) is 5. The molecule has 1 heterocycles. The Balaban J connectivity index is 1.92. The van der Waals surface area contributed by atoms with Gasteiger partial charge in [-0.3, -0.25) is 14.9 Å². The first kappa shape index (κ1) is 21.9. The standard InChI is InChI=1S/C21H22FN5O4/c1-3-23-21(29)25(2)13-20(28)26-19(15-5-4-6-17(11-15)27(30)31)12-18(24-26)14-7-9-16(22)10-8-14/h4-11,19H,3,12-13H2,1-2H3,(H,23,29)/t19-/m1/s1. The van der Waals surface area contributed by atoms with Gasteiger partial charge in [0.25, 0.3) is 11.6 Å². The number of amides is 3. The third kappa shape index (κ3) is 5.03. The lowest BCUT2D eigenvalue weighted by atomic mass is 9.98. The van der Waals surface area contributed by atoms with Crippen LogP contribution in [0.5, 0.6) is 0 Å². The van der Waals surface area contributed by atoms with Gasteiger partial charge in [-0.2, -0.15) is 5.10 Å². The molecule has 0 fully saturated rings. The average molecular weight is 427 g/mol. The van der Waals surface area contributed by atoms with Gasteiger partial charge in [0.1, 0.15) is 12.4 Å². The lowest BCUT2D eigenvalue weighted by Crippen LogP contribution is -2.43. The number of urea groups is 1. The average Bonchev–Trinajstić information content (AvgIpc) is 3.20. The number of non-ortho nitro benzene ring substituents is 1. The van der Waals surface area contributed by atoms with Gasteiger partial charge in [-0.15, -0.1) is 0 Å². The minimum Gasteiger partial charge on any atom is -0.338 e. The molecule has 1 N–H and O–H groups in total. The number of carbonyl (C=O) groups is 2. The summed E-state index contributed by atoms with van der Waals surface area (Å²) in [5, 5.41) is 19.5. The van der Waals surface area contributed by atoms with Crippen LogP contribution in [0.4, 0.5) is 14.9 Å². The van der Waals surface area contributed by atoms with Crippen molar-refractivity contribution in [3.05, 3.63) is 75.6 Å². The normalized spacial score (nSPS) is 15.4. The van der Waals surface area contributed by atoms with Crippen LogP contribution in [0.2, 0.25) is 0 Å². The Labute approximate surface area is 178 Å². The molecular weight excluding hydrogens is 405 g/mol. The van der Waals surface area contributed by atoms with E-state index in [1.54, 1.807) is 31.2 Å². The Kier molecular flexibility index (Phi) is 6.58. The molecule has 3 rings (SSSR count). The van der Waals surface area contributed by atoms with Gasteiger partial charge >= 0.3 is 6.03 Å². The Bertz CT molecular complexity index is 1020. The highest BCUT2D eigenvalue weighted by Crippen LogP contribution is 2.34. The van der Waals surface area contributed by atoms with Crippen molar-refractivity contribution in [2.75, 3.05) is 20.1 Å². The first-order chi connectivity index (χ1) is 14.8. The molecule has 0 radical (unpaired) electrons. The van der Waals surface area contributed by atoms with E-state index >= 15 is 0 Å². The maximum absolute atomic E-state index is 13.3. The number of nitrogens with zero attached hydrogens (tertiary/aromatic N) is 4. The van der Waals surface area contributed by atoms with E-state index in [2.05, 4.69) is 10.4 Å². The van der Waals surface area contributed by atoms with Gasteiger partial charge < -0.3 is 10.2 Å². The van der Waals surface area contributed by atoms with E-state index in [4.69, 9.17) is 0 Å². The maximum Gasteiger partial charge on any atom is 0.317 e. The molecule has 3 amide bonds. The Hall–Kier alpha value is -3.82. The van der Waals surface area contributed by atoms with E-state index in [-0.39, 0.29) is 12.2 Å². The molecule has 1 aliphatic heterocycles. The van der Waals surface area contributed by atoms with E-state index in [0.29, 0.717) is 29.8 Å². The van der Waals surface area contributed by atoms with Crippen LogP contribution in [0.15, 0.2) is 53.6 Å². The van der Waals surface area contributed by atoms with Crippen molar-refractivity contribution in [2.24, 2.45) is 5.10 Å². The first-order valence-corrected chi connectivity index (χ1v) is 9.69. The molecule has 0 bridgehead atoms. The second-order valence-electron chi connectivity index (χ2n) is 7.06. The molecule has 0 saturated heterocycles. The summed E-state index contributed by atoms with van der Waals surface area (Å²) in [6.45, 7) is 1.97. The number of likely N-dealkylation sites (N-methyl/N-ethyl adjacent to an activating group) is 1. The molecule has 162 valence electrons. The van der Waals surface area contributed by atoms with E-state index in [1.807, 2.05) is 0 Å². The van der Waals surface area contributed by atoms with Gasteiger partial charge in [0.15, 0.2) is 0 Å². The third-order valence-corrected chi connectivity index (χ3v) is 4.86. The molecule has 0 unspecified atom stereocenters. The summed E-state index contributed by atoms with van der Waals surface area (Å²) in [5.41, 5.74) is 1.64. The predicted molar refractivity (Wildman–Crippen MR) is 112 cm³/mol. The Morgan fingerprint density at radius 3 is 2.65 bits per heavy atom. The minimum absolute atomic E-state index is 0.0976. The highest BCUT2D eigenvalue weighted by molar-refractivity contribution is 6.03. The fraction of sp³-hybridized carbons (Fsp3) is 0.286. The van der Waals surface area contributed by atoms with Crippen LogP contribution in [-0.2, 0) is 4.79 Å². The van der Waals surface area contributed by atoms with Crippen molar-refractivity contribution in [1.29, 1.82) is 0 Å². The number of nitro groups is 1. The summed E-state index contributed by atoms with van der Waals surface area (Å²) < 4.78 is 13.3. The van der Waals surface area contributed by atoms with Crippen molar-refractivity contribution < 1.29 is 18.9 Å². The zero-order chi connectivity index (χ0) is 22.5. The van der Waals surface area contributed by atoms with Crippen molar-refractivity contribution in [3.63, 3.8) is 0 Å². The third-order valence-electron chi connectivity index (χ3n) is 4.86. The van der Waals surface area contributed by atoms with Gasteiger partial charge in [-0.05, 0) is 30.2 Å². The molecule has 1 aliphatic rings. The highest BCUT2D eigenvalue weighted by Gasteiger charge is 2.34. The van der Waals surface area contributed by atoms with Crippen molar-refractivity contribution in [1.82, 2.24) is 15.2 Å². The monoisotopic (exact) mass is 427 g/mol. The Morgan fingerprint density at radius 2 is 2.00 bits per heavy atom. The number of hydrogen-bond donors (Lipinski definition) is 1. The topological polar surface area (TPSA) is 108 Å². The lowest BCUT2D eigenvalue weighted by molar-refractivity contribution is -0.384. The second kappa shape index (κ2) is 9.33. The lowest BCUT2D eigenvalue weighted by Gasteiger charge is -2.24. The Morgan fingerprint density at radius 1 is 1.29 bits per heavy atom. The van der Waals surface area contributed by atoms with Crippen LogP contribution < -0.4 is 5.32 Å². The highest BCUT2D eigenvalue weighted by atomic mass is 19.1. The number of hydrazone groups is 1. The molecule has 9 nitrogen and oxygen atoms in total. The van der Waals surface area contributed by atoms with Crippen LogP contribution in [0.25, 0.3) is 0 Å². The fourth-order valence-electron chi connectivity index (χ4n) is 3.30. The zero-order valence-electron chi connectivity index (χ0n) is 17.1. The maximum atomic E-state index is 13.3. The summed E-state index contributed by atoms with van der Waals surface area (Å²) in [7, 11) is 1.49. The SMILES string of the molecule is CCNC(=O)N(C)CC(=O)N1N=C(c2ccc(F)cc2)C[C@@H]1c1cccc([N+](=O)[O-])c1. The summed E-state index contributed by atoms with van der Waals surface area (Å²) in [5.74, 6) is -0.837. The van der Waals surface area contributed by atoms with Gasteiger partial charge in [0, 0.05) is 32.1 Å². The van der Waals surface area contributed by atoms with Gasteiger partial charge in [-0.25, -0.2) is 14.2 Å². The largest absolute Gasteiger partial charge is 0.338 e. The zero-order valence-corrected chi connectivity index (χ0v) is 17.1. The quantitative estimate of drug-likeness (QED) is 0.564. The van der Waals surface area contributed by atoms with Crippen molar-refractivity contribution >= 4 is 23.3 Å². The minimum atomic E-state index is -0.588. The number of halogens is 1. The second-order valence-corrected chi connectivity index (χ2v) is 7.06. The predicted octanol–water partition coefficient (Wildman–Crippen LogP) is 3.07. The molecule has 2 aromatic carbocycles. The molecule has 0 aromatic heterocycles. The molecule has 31 heavy (non-hydrogen) atoms. The van der Waals surface area contributed by atoms with Gasteiger partial charge in [0.05, 0.1) is 16.7 Å². The number of carbonyl (C=O) groups excluding carboxylic acids is 2. The van der Waals surface area contributed by atoms with Gasteiger partial charge in [-0.1, -0.05) is 24.3 Å². The van der Waals surface area contributed by atoms with Crippen LogP contribution in [0, 0.1) is 15.9 Å². The molecular formula is C21H22FN5O4. The van der Waals surface area contributed by atoms with Crippen LogP contribution >= 0.6 is 0 Å². The summed E-state index contributed by atoms with van der Waals surface area (Å²) in [4.78, 5) is 36.9. The van der Waals surface area contributed by atoms with E-state index in [0.717, 1.165) is 0 Å². The summed E-state index contributed by atoms with van der Waals surface area (Å²) in [6, 6.07) is 10.8. The van der Waals surface area contributed by atoms with Crippen LogP contribution in [0.3, 0.4) is 0 Å². The van der Waals surface area contributed by atoms with Crippen LogP contribution in [0.1, 0.15) is 30.5 Å². The first-order valence-electron chi connectivity index (χ1n) is 9.69. The summed E-state index contributed by atoms with van der Waals surface area (Å²) >= 11 is 0. The van der Waals surface area contributed by atoms with E-state index in [1.165, 1.54) is 41.2 Å². The smallest absolute Gasteiger partial charge is 0.317 e. The van der Waals surface area contributed by atoms with E-state index in [9.17, 15) is 24.1 Å². The number of nitrogens with one attached hydrogen (secondary N) is 1. The molecule has 0 saturated carbocycles. The molecule has 0 aliphatic carbocycles. The molecule has 0 spiro atoms. The number of nitro benzene ring substituents is 1. The van der Waals surface area contributed by atoms with Crippen molar-refractivity contribution in [2.45, 2.75) is 19.4 Å². The number of benzene rings is 2. The van der Waals surface area contributed by atoms with Gasteiger partial charge in [0.2, 0.25) is 0 Å². The number of rotatable bonds is 6. The van der Waals surface area contributed by atoms with Crippen molar-refractivity contribution in [3.8, 4) is 0 Å². The van der Waals surface area contributed by atoms with Crippen LogP contribution in [-0.4, -0.2) is 52.6 Å². The molecule has 1 atom stereocenters. The van der Waals surface area contributed by atoms with E-state index < -0.39 is 28.7 Å². The fourth-order valence-corrected chi connectivity index (χ4v) is 3.30. The summed E-state index contributed by atoms with van der Waals surface area (Å²) in [6.07, 6.45) is 0.295.